The molecule has 2 N–H and O–H groups in total. The number of rotatable bonds is 6. The molecule has 1 rings (SSSR count). The van der Waals surface area contributed by atoms with Gasteiger partial charge in [0, 0.05) is 6.54 Å². The molecule has 1 saturated heterocycles. The summed E-state index contributed by atoms with van der Waals surface area (Å²) in [5.74, 6) is 0.523. The molecule has 1 amide bonds. The van der Waals surface area contributed by atoms with Crippen LogP contribution in [0, 0.1) is 5.92 Å². The molecule has 1 aliphatic rings. The van der Waals surface area contributed by atoms with Gasteiger partial charge in [-0.05, 0) is 25.3 Å². The van der Waals surface area contributed by atoms with Crippen molar-refractivity contribution in [2.24, 2.45) is 5.92 Å². The van der Waals surface area contributed by atoms with E-state index in [9.17, 15) is 13.2 Å². The Bertz CT molecular complexity index is 327. The van der Waals surface area contributed by atoms with Crippen molar-refractivity contribution in [1.82, 2.24) is 10.6 Å². The third-order valence-corrected chi connectivity index (χ3v) is 4.46. The first-order valence-electron chi connectivity index (χ1n) is 5.71. The maximum atomic E-state index is 11.3. The van der Waals surface area contributed by atoms with E-state index < -0.39 is 9.84 Å². The van der Waals surface area contributed by atoms with Crippen LogP contribution >= 0.6 is 0 Å². The Morgan fingerprint density at radius 2 is 2.19 bits per heavy atom. The summed E-state index contributed by atoms with van der Waals surface area (Å²) in [6.07, 6.45) is 1.67. The fraction of sp³-hybridized carbons (Fsp3) is 0.900. The number of nitrogens with one attached hydrogen (secondary N) is 2. The molecule has 5 nitrogen and oxygen atoms in total. The van der Waals surface area contributed by atoms with Gasteiger partial charge in [0.05, 0.1) is 18.1 Å². The van der Waals surface area contributed by atoms with Crippen molar-refractivity contribution in [1.29, 1.82) is 0 Å². The maximum Gasteiger partial charge on any atom is 0.233 e. The summed E-state index contributed by atoms with van der Waals surface area (Å²) in [4.78, 5) is 11.3. The second-order valence-electron chi connectivity index (χ2n) is 4.25. The van der Waals surface area contributed by atoms with Crippen LogP contribution in [0.3, 0.4) is 0 Å². The van der Waals surface area contributed by atoms with Crippen LogP contribution < -0.4 is 10.6 Å². The zero-order valence-electron chi connectivity index (χ0n) is 9.66. The van der Waals surface area contributed by atoms with Crippen LogP contribution in [0.15, 0.2) is 0 Å². The summed E-state index contributed by atoms with van der Waals surface area (Å²) in [7, 11) is -2.83. The van der Waals surface area contributed by atoms with E-state index in [1.165, 1.54) is 0 Å². The molecule has 0 aromatic heterocycles. The van der Waals surface area contributed by atoms with E-state index in [1.807, 2.05) is 6.92 Å². The van der Waals surface area contributed by atoms with Crippen molar-refractivity contribution < 1.29 is 13.2 Å². The largest absolute Gasteiger partial charge is 0.355 e. The summed E-state index contributed by atoms with van der Waals surface area (Å²) >= 11 is 0. The minimum absolute atomic E-state index is 0.0576. The van der Waals surface area contributed by atoms with Gasteiger partial charge in [-0.3, -0.25) is 4.79 Å². The van der Waals surface area contributed by atoms with Gasteiger partial charge in [-0.25, -0.2) is 8.42 Å². The highest BCUT2D eigenvalue weighted by atomic mass is 32.2. The van der Waals surface area contributed by atoms with E-state index in [4.69, 9.17) is 0 Å². The van der Waals surface area contributed by atoms with Crippen LogP contribution in [0.5, 0.6) is 0 Å². The molecule has 16 heavy (non-hydrogen) atoms. The molecule has 1 aliphatic heterocycles. The molecule has 6 heteroatoms. The second kappa shape index (κ2) is 6.20. The monoisotopic (exact) mass is 248 g/mol. The van der Waals surface area contributed by atoms with Crippen molar-refractivity contribution in [2.45, 2.75) is 19.8 Å². The summed E-state index contributed by atoms with van der Waals surface area (Å²) in [6, 6.07) is 0. The fourth-order valence-corrected chi connectivity index (χ4v) is 3.59. The van der Waals surface area contributed by atoms with Crippen molar-refractivity contribution in [3.05, 3.63) is 0 Å². The molecule has 1 atom stereocenters. The first-order valence-corrected chi connectivity index (χ1v) is 7.53. The minimum Gasteiger partial charge on any atom is -0.355 e. The predicted molar refractivity (Wildman–Crippen MR) is 62.9 cm³/mol. The molecule has 1 unspecified atom stereocenters. The van der Waals surface area contributed by atoms with E-state index in [-0.39, 0.29) is 23.3 Å². The van der Waals surface area contributed by atoms with Gasteiger partial charge >= 0.3 is 0 Å². The van der Waals surface area contributed by atoms with Gasteiger partial charge in [0.25, 0.3) is 0 Å². The number of hydrogen-bond donors (Lipinski definition) is 2. The van der Waals surface area contributed by atoms with Gasteiger partial charge in [-0.1, -0.05) is 6.92 Å². The Hall–Kier alpha value is -0.620. The highest BCUT2D eigenvalue weighted by molar-refractivity contribution is 7.91. The van der Waals surface area contributed by atoms with Crippen LogP contribution in [0.4, 0.5) is 0 Å². The maximum absolute atomic E-state index is 11.3. The van der Waals surface area contributed by atoms with Crippen LogP contribution in [-0.4, -0.2) is 45.5 Å². The molecular weight excluding hydrogens is 228 g/mol. The lowest BCUT2D eigenvalue weighted by molar-refractivity contribution is -0.120. The summed E-state index contributed by atoms with van der Waals surface area (Å²) < 4.78 is 22.3. The van der Waals surface area contributed by atoms with Gasteiger partial charge in [0.1, 0.15) is 0 Å². The van der Waals surface area contributed by atoms with Gasteiger partial charge in [-0.2, -0.15) is 0 Å². The molecule has 0 saturated carbocycles. The lowest BCUT2D eigenvalue weighted by atomic mass is 10.1. The van der Waals surface area contributed by atoms with Crippen molar-refractivity contribution in [3.63, 3.8) is 0 Å². The molecular formula is C10H20N2O3S. The SMILES string of the molecule is CCCNCC(=O)NCC1CCS(=O)(=O)C1. The number of carbonyl (C=O) groups excluding carboxylic acids is 1. The fourth-order valence-electron chi connectivity index (χ4n) is 1.73. The molecule has 1 fully saturated rings. The summed E-state index contributed by atoms with van der Waals surface area (Å²) in [5.41, 5.74) is 0. The Kier molecular flexibility index (Phi) is 5.21. The topological polar surface area (TPSA) is 75.3 Å². The zero-order chi connectivity index (χ0) is 12.0. The predicted octanol–water partition coefficient (Wildman–Crippen LogP) is -0.463. The smallest absolute Gasteiger partial charge is 0.233 e. The molecule has 0 aromatic carbocycles. The van der Waals surface area contributed by atoms with Crippen molar-refractivity contribution in [3.8, 4) is 0 Å². The van der Waals surface area contributed by atoms with Crippen LogP contribution in [0.25, 0.3) is 0 Å². The molecule has 1 heterocycles. The van der Waals surface area contributed by atoms with E-state index in [1.54, 1.807) is 0 Å². The standard InChI is InChI=1S/C10H20N2O3S/c1-2-4-11-7-10(13)12-6-9-3-5-16(14,15)8-9/h9,11H,2-8H2,1H3,(H,12,13). The minimum atomic E-state index is -2.83. The molecule has 94 valence electrons. The van der Waals surface area contributed by atoms with Gasteiger partial charge in [0.15, 0.2) is 9.84 Å². The number of hydrogen-bond acceptors (Lipinski definition) is 4. The molecule has 0 aliphatic carbocycles. The first-order chi connectivity index (χ1) is 7.53. The first kappa shape index (κ1) is 13.4. The summed E-state index contributed by atoms with van der Waals surface area (Å²) in [5, 5.41) is 5.75. The van der Waals surface area contributed by atoms with Crippen molar-refractivity contribution in [2.75, 3.05) is 31.1 Å². The molecule has 0 aromatic rings. The van der Waals surface area contributed by atoms with E-state index in [0.717, 1.165) is 13.0 Å². The molecule has 0 spiro atoms. The van der Waals surface area contributed by atoms with Crippen LogP contribution in [0.2, 0.25) is 0 Å². The Morgan fingerprint density at radius 3 is 2.75 bits per heavy atom. The summed E-state index contributed by atoms with van der Waals surface area (Å²) in [6.45, 7) is 3.65. The van der Waals surface area contributed by atoms with E-state index in [0.29, 0.717) is 19.5 Å². The normalized spacial score (nSPS) is 23.2. The Morgan fingerprint density at radius 1 is 1.44 bits per heavy atom. The Balaban J connectivity index is 2.13. The van der Waals surface area contributed by atoms with Gasteiger partial charge in [0.2, 0.25) is 5.91 Å². The molecule has 0 radical (unpaired) electrons. The van der Waals surface area contributed by atoms with E-state index in [2.05, 4.69) is 10.6 Å². The highest BCUT2D eigenvalue weighted by Crippen LogP contribution is 2.17. The third-order valence-electron chi connectivity index (χ3n) is 2.63. The van der Waals surface area contributed by atoms with Gasteiger partial charge in [-0.15, -0.1) is 0 Å². The zero-order valence-corrected chi connectivity index (χ0v) is 10.5. The number of amides is 1. The van der Waals surface area contributed by atoms with Crippen molar-refractivity contribution >= 4 is 15.7 Å². The van der Waals surface area contributed by atoms with E-state index >= 15 is 0 Å². The van der Waals surface area contributed by atoms with Crippen LogP contribution in [0.1, 0.15) is 19.8 Å². The lowest BCUT2D eigenvalue weighted by Gasteiger charge is -2.09. The third kappa shape index (κ3) is 4.94. The number of carbonyl (C=O) groups is 1. The number of sulfone groups is 1. The van der Waals surface area contributed by atoms with Gasteiger partial charge < -0.3 is 10.6 Å². The quantitative estimate of drug-likeness (QED) is 0.624. The Labute approximate surface area is 96.9 Å². The lowest BCUT2D eigenvalue weighted by Crippen LogP contribution is -2.37. The average molecular weight is 248 g/mol. The second-order valence-corrected chi connectivity index (χ2v) is 6.48. The molecule has 0 bridgehead atoms. The average Bonchev–Trinajstić information content (AvgIpc) is 2.56. The van der Waals surface area contributed by atoms with Crippen LogP contribution in [-0.2, 0) is 14.6 Å². The highest BCUT2D eigenvalue weighted by Gasteiger charge is 2.27.